The van der Waals surface area contributed by atoms with Crippen LogP contribution in [0.5, 0.6) is 0 Å². The molecule has 0 aliphatic rings. The van der Waals surface area contributed by atoms with Crippen LogP contribution in [0.1, 0.15) is 45.0 Å². The summed E-state index contributed by atoms with van der Waals surface area (Å²) in [7, 11) is 0. The highest BCUT2D eigenvalue weighted by atomic mass is 14.7. The van der Waals surface area contributed by atoms with Gasteiger partial charge in [-0.05, 0) is 86.4 Å². The second-order valence-electron chi connectivity index (χ2n) is 6.75. The van der Waals surface area contributed by atoms with Gasteiger partial charge >= 0.3 is 0 Å². The summed E-state index contributed by atoms with van der Waals surface area (Å²) in [5.74, 6) is 0. The Morgan fingerprint density at radius 1 is 0.538 bits per heavy atom. The van der Waals surface area contributed by atoms with Crippen LogP contribution in [0, 0.1) is 27.7 Å². The van der Waals surface area contributed by atoms with Crippen LogP contribution in [0.15, 0.2) is 48.5 Å². The second-order valence-corrected chi connectivity index (χ2v) is 6.75. The van der Waals surface area contributed by atoms with Crippen molar-refractivity contribution in [2.75, 3.05) is 0 Å². The molecule has 2 aromatic heterocycles. The normalized spacial score (nSPS) is 11.5. The van der Waals surface area contributed by atoms with Crippen molar-refractivity contribution in [3.63, 3.8) is 0 Å². The van der Waals surface area contributed by atoms with Gasteiger partial charge in [-0.25, -0.2) is 0 Å². The van der Waals surface area contributed by atoms with E-state index in [2.05, 4.69) is 96.7 Å². The lowest BCUT2D eigenvalue weighted by atomic mass is 10.1. The molecule has 0 amide bonds. The molecule has 2 nitrogen and oxygen atoms in total. The van der Waals surface area contributed by atoms with Crippen molar-refractivity contribution in [1.29, 1.82) is 0 Å². The molecule has 0 aliphatic carbocycles. The zero-order valence-corrected chi connectivity index (χ0v) is 15.8. The fourth-order valence-electron chi connectivity index (χ4n) is 3.00. The zero-order chi connectivity index (χ0) is 18.5. The molecule has 0 aliphatic heterocycles. The summed E-state index contributed by atoms with van der Waals surface area (Å²) in [4.78, 5) is 9.08. The molecule has 1 aromatic carbocycles. The molecule has 2 heterocycles. The van der Waals surface area contributed by atoms with Crippen molar-refractivity contribution in [3.05, 3.63) is 93.6 Å². The first kappa shape index (κ1) is 17.8. The Hall–Kier alpha value is -3.00. The van der Waals surface area contributed by atoms with Gasteiger partial charge in [0.05, 0.1) is 11.4 Å². The molecule has 2 heteroatoms. The van der Waals surface area contributed by atoms with Gasteiger partial charge in [0.1, 0.15) is 0 Å². The van der Waals surface area contributed by atoms with Crippen LogP contribution in [0.4, 0.5) is 0 Å². The predicted molar refractivity (Wildman–Crippen MR) is 112 cm³/mol. The SMILES string of the molecule is Cc1cc(C)nc(C=Cc2ccc(C=Cc3cc(C)cc(C)n3)cc2)c1. The summed E-state index contributed by atoms with van der Waals surface area (Å²) in [5.41, 5.74) is 8.87. The Kier molecular flexibility index (Phi) is 5.43. The highest BCUT2D eigenvalue weighted by molar-refractivity contribution is 5.71. The number of hydrogen-bond acceptors (Lipinski definition) is 2. The van der Waals surface area contributed by atoms with E-state index in [1.807, 2.05) is 13.8 Å². The molecule has 0 saturated carbocycles. The molecule has 0 saturated heterocycles. The predicted octanol–water partition coefficient (Wildman–Crippen LogP) is 6.05. The Morgan fingerprint density at radius 2 is 0.923 bits per heavy atom. The van der Waals surface area contributed by atoms with E-state index in [4.69, 9.17) is 0 Å². The number of aromatic nitrogens is 2. The van der Waals surface area contributed by atoms with Gasteiger partial charge in [-0.15, -0.1) is 0 Å². The van der Waals surface area contributed by atoms with Gasteiger partial charge < -0.3 is 0 Å². The zero-order valence-electron chi connectivity index (χ0n) is 15.8. The molecule has 0 unspecified atom stereocenters. The molecular formula is C24H24N2. The molecule has 26 heavy (non-hydrogen) atoms. The largest absolute Gasteiger partial charge is 0.254 e. The Morgan fingerprint density at radius 3 is 1.27 bits per heavy atom. The highest BCUT2D eigenvalue weighted by Crippen LogP contribution is 2.13. The van der Waals surface area contributed by atoms with Crippen molar-refractivity contribution in [3.8, 4) is 0 Å². The summed E-state index contributed by atoms with van der Waals surface area (Å²) in [6.07, 6.45) is 8.31. The van der Waals surface area contributed by atoms with Crippen LogP contribution in [0.3, 0.4) is 0 Å². The minimum atomic E-state index is 0.993. The minimum absolute atomic E-state index is 0.993. The molecule has 0 atom stereocenters. The minimum Gasteiger partial charge on any atom is -0.254 e. The van der Waals surface area contributed by atoms with Crippen LogP contribution < -0.4 is 0 Å². The Bertz CT molecular complexity index is 843. The van der Waals surface area contributed by atoms with Gasteiger partial charge in [0.2, 0.25) is 0 Å². The summed E-state index contributed by atoms with van der Waals surface area (Å²) in [6, 6.07) is 16.8. The second kappa shape index (κ2) is 7.92. The third-order valence-electron chi connectivity index (χ3n) is 4.06. The van der Waals surface area contributed by atoms with Crippen molar-refractivity contribution in [2.45, 2.75) is 27.7 Å². The maximum Gasteiger partial charge on any atom is 0.0635 e. The molecule has 3 aromatic rings. The maximum atomic E-state index is 4.54. The molecule has 0 fully saturated rings. The lowest BCUT2D eigenvalue weighted by Gasteiger charge is -2.00. The lowest BCUT2D eigenvalue weighted by Crippen LogP contribution is -1.87. The van der Waals surface area contributed by atoms with Crippen LogP contribution in [-0.2, 0) is 0 Å². The topological polar surface area (TPSA) is 25.8 Å². The molecule has 130 valence electrons. The number of nitrogens with zero attached hydrogens (tertiary/aromatic N) is 2. The third-order valence-corrected chi connectivity index (χ3v) is 4.06. The summed E-state index contributed by atoms with van der Waals surface area (Å²) in [6.45, 7) is 8.24. The number of rotatable bonds is 4. The van der Waals surface area contributed by atoms with Crippen molar-refractivity contribution >= 4 is 24.3 Å². The van der Waals surface area contributed by atoms with E-state index in [1.54, 1.807) is 0 Å². The first-order chi connectivity index (χ1) is 12.5. The fraction of sp³-hybridized carbons (Fsp3) is 0.167. The van der Waals surface area contributed by atoms with Crippen LogP contribution in [-0.4, -0.2) is 9.97 Å². The van der Waals surface area contributed by atoms with Gasteiger partial charge in [0, 0.05) is 11.4 Å². The molecule has 0 spiro atoms. The third kappa shape index (κ3) is 5.00. The summed E-state index contributed by atoms with van der Waals surface area (Å²) < 4.78 is 0. The average molecular weight is 340 g/mol. The van der Waals surface area contributed by atoms with Crippen LogP contribution in [0.2, 0.25) is 0 Å². The van der Waals surface area contributed by atoms with Gasteiger partial charge in [-0.3, -0.25) is 9.97 Å². The lowest BCUT2D eigenvalue weighted by molar-refractivity contribution is 1.16. The van der Waals surface area contributed by atoms with E-state index < -0.39 is 0 Å². The van der Waals surface area contributed by atoms with Crippen LogP contribution in [0.25, 0.3) is 24.3 Å². The van der Waals surface area contributed by atoms with E-state index in [-0.39, 0.29) is 0 Å². The Labute approximate surface area is 156 Å². The van der Waals surface area contributed by atoms with E-state index in [1.165, 1.54) is 11.1 Å². The van der Waals surface area contributed by atoms with Gasteiger partial charge in [-0.1, -0.05) is 36.4 Å². The maximum absolute atomic E-state index is 4.54. The standard InChI is InChI=1S/C24H24N2/c1-17-13-19(3)25-23(15-17)11-9-21-5-7-22(8-6-21)10-12-24-16-18(2)14-20(4)26-24/h5-16H,1-4H3. The molecular weight excluding hydrogens is 316 g/mol. The van der Waals surface area contributed by atoms with Gasteiger partial charge in [0.15, 0.2) is 0 Å². The molecule has 0 N–H and O–H groups in total. The Balaban J connectivity index is 1.71. The molecule has 0 bridgehead atoms. The van der Waals surface area contributed by atoms with Crippen molar-refractivity contribution in [1.82, 2.24) is 9.97 Å². The van der Waals surface area contributed by atoms with E-state index >= 15 is 0 Å². The van der Waals surface area contributed by atoms with Crippen molar-refractivity contribution in [2.24, 2.45) is 0 Å². The van der Waals surface area contributed by atoms with Crippen LogP contribution >= 0.6 is 0 Å². The van der Waals surface area contributed by atoms with E-state index in [0.717, 1.165) is 33.9 Å². The van der Waals surface area contributed by atoms with Gasteiger partial charge in [-0.2, -0.15) is 0 Å². The number of pyridine rings is 2. The fourth-order valence-corrected chi connectivity index (χ4v) is 3.00. The molecule has 0 radical (unpaired) electrons. The average Bonchev–Trinajstić information content (AvgIpc) is 2.57. The quantitative estimate of drug-likeness (QED) is 0.577. The monoisotopic (exact) mass is 340 g/mol. The number of aryl methyl sites for hydroxylation is 4. The van der Waals surface area contributed by atoms with E-state index in [9.17, 15) is 0 Å². The summed E-state index contributed by atoms with van der Waals surface area (Å²) in [5, 5.41) is 0. The van der Waals surface area contributed by atoms with E-state index in [0.29, 0.717) is 0 Å². The van der Waals surface area contributed by atoms with Gasteiger partial charge in [0.25, 0.3) is 0 Å². The summed E-state index contributed by atoms with van der Waals surface area (Å²) >= 11 is 0. The highest BCUT2D eigenvalue weighted by Gasteiger charge is 1.96. The molecule has 3 rings (SSSR count). The number of hydrogen-bond donors (Lipinski definition) is 0. The van der Waals surface area contributed by atoms with Crippen molar-refractivity contribution < 1.29 is 0 Å². The number of benzene rings is 1. The smallest absolute Gasteiger partial charge is 0.0635 e. The first-order valence-electron chi connectivity index (χ1n) is 8.85. The first-order valence-corrected chi connectivity index (χ1v) is 8.85.